The Bertz CT molecular complexity index is 801. The lowest BCUT2D eigenvalue weighted by Crippen LogP contribution is -2.59. The summed E-state index contributed by atoms with van der Waals surface area (Å²) in [7, 11) is 0. The zero-order valence-corrected chi connectivity index (χ0v) is 16.6. The Morgan fingerprint density at radius 3 is 2.30 bits per heavy atom. The first-order chi connectivity index (χ1) is 14.3. The Hall–Kier alpha value is -3.83. The number of ether oxygens (including phenoxy) is 3. The van der Waals surface area contributed by atoms with Crippen molar-refractivity contribution in [2.45, 2.75) is 26.7 Å². The molecule has 0 aromatic heterocycles. The third kappa shape index (κ3) is 6.65. The number of esters is 3. The second-order valence-electron chi connectivity index (χ2n) is 5.54. The minimum atomic E-state index is -1.19. The van der Waals surface area contributed by atoms with Crippen molar-refractivity contribution in [3.63, 3.8) is 0 Å². The van der Waals surface area contributed by atoms with Crippen molar-refractivity contribution >= 4 is 42.2 Å². The Balaban J connectivity index is 3.14. The van der Waals surface area contributed by atoms with Crippen LogP contribution in [0.4, 0.5) is 14.4 Å². The Labute approximate surface area is 171 Å². The fourth-order valence-electron chi connectivity index (χ4n) is 1.94. The first kappa shape index (κ1) is 24.2. The first-order valence-electron chi connectivity index (χ1n) is 8.91. The number of amides is 6. The number of urea groups is 3. The van der Waals surface area contributed by atoms with E-state index in [0.717, 1.165) is 18.5 Å². The van der Waals surface area contributed by atoms with Crippen molar-refractivity contribution in [1.29, 1.82) is 0 Å². The molecule has 30 heavy (non-hydrogen) atoms. The van der Waals surface area contributed by atoms with Gasteiger partial charge >= 0.3 is 36.0 Å². The summed E-state index contributed by atoms with van der Waals surface area (Å²) in [5.41, 5.74) is 0. The summed E-state index contributed by atoms with van der Waals surface area (Å²) in [6.07, 6.45) is 3.67. The van der Waals surface area contributed by atoms with Crippen LogP contribution in [-0.4, -0.2) is 76.3 Å². The van der Waals surface area contributed by atoms with Crippen LogP contribution in [0.15, 0.2) is 25.1 Å². The SMILES string of the molecule is C=CC(=O)OCCN1C(=O)N(C=COC(=O)CC)C(=O)/[N+](=C/C(=O)OCCC)C1=O. The number of carbonyl (C=O) groups excluding carboxylic acids is 6. The highest BCUT2D eigenvalue weighted by Crippen LogP contribution is 2.13. The highest BCUT2D eigenvalue weighted by Gasteiger charge is 2.49. The molecule has 0 N–H and O–H groups in total. The lowest BCUT2D eigenvalue weighted by atomic mass is 10.4. The lowest BCUT2D eigenvalue weighted by molar-refractivity contribution is -0.342. The van der Waals surface area contributed by atoms with Crippen molar-refractivity contribution < 1.29 is 47.6 Å². The summed E-state index contributed by atoms with van der Waals surface area (Å²) >= 11 is 0. The smallest absolute Gasteiger partial charge is 0.460 e. The molecule has 6 amide bonds. The molecular formula is C18H22N3O9+. The van der Waals surface area contributed by atoms with Crippen LogP contribution < -0.4 is 0 Å². The largest absolute Gasteiger partial charge is 0.460 e. The highest BCUT2D eigenvalue weighted by molar-refractivity contribution is 6.24. The van der Waals surface area contributed by atoms with Crippen molar-refractivity contribution in [2.24, 2.45) is 0 Å². The summed E-state index contributed by atoms with van der Waals surface area (Å²) in [6.45, 7) is 5.76. The van der Waals surface area contributed by atoms with E-state index in [4.69, 9.17) is 9.47 Å². The maximum Gasteiger partial charge on any atom is 0.460 e. The summed E-state index contributed by atoms with van der Waals surface area (Å²) in [5.74, 6) is -2.39. The Kier molecular flexibility index (Phi) is 9.59. The minimum Gasteiger partial charge on any atom is -0.460 e. The van der Waals surface area contributed by atoms with Crippen LogP contribution in [0.3, 0.4) is 0 Å². The second-order valence-corrected chi connectivity index (χ2v) is 5.54. The van der Waals surface area contributed by atoms with Gasteiger partial charge in [0.25, 0.3) is 0 Å². The quantitative estimate of drug-likeness (QED) is 0.166. The molecule has 12 nitrogen and oxygen atoms in total. The van der Waals surface area contributed by atoms with E-state index < -0.39 is 42.5 Å². The molecule has 162 valence electrons. The molecule has 1 fully saturated rings. The van der Waals surface area contributed by atoms with Crippen molar-refractivity contribution in [2.75, 3.05) is 19.8 Å². The zero-order valence-electron chi connectivity index (χ0n) is 16.6. The molecule has 0 atom stereocenters. The van der Waals surface area contributed by atoms with Crippen molar-refractivity contribution in [3.05, 3.63) is 25.1 Å². The van der Waals surface area contributed by atoms with E-state index in [2.05, 4.69) is 11.3 Å². The van der Waals surface area contributed by atoms with Gasteiger partial charge in [0.05, 0.1) is 6.61 Å². The molecule has 0 saturated carbocycles. The summed E-state index contributed by atoms with van der Waals surface area (Å²) in [4.78, 5) is 72.8. The normalized spacial score (nSPS) is 15.5. The van der Waals surface area contributed by atoms with Gasteiger partial charge in [-0.25, -0.2) is 24.0 Å². The van der Waals surface area contributed by atoms with Gasteiger partial charge in [-0.1, -0.05) is 20.4 Å². The van der Waals surface area contributed by atoms with Crippen LogP contribution in [0, 0.1) is 0 Å². The van der Waals surface area contributed by atoms with Gasteiger partial charge in [0.15, 0.2) is 6.21 Å². The van der Waals surface area contributed by atoms with Crippen LogP contribution in [0.1, 0.15) is 26.7 Å². The average molecular weight is 424 g/mol. The number of hydrogen-bond donors (Lipinski definition) is 0. The fraction of sp³-hybridized carbons (Fsp3) is 0.389. The number of carbonyl (C=O) groups is 6. The van der Waals surface area contributed by atoms with Gasteiger partial charge in [-0.2, -0.15) is 4.90 Å². The molecule has 1 aliphatic rings. The molecule has 1 rings (SSSR count). The lowest BCUT2D eigenvalue weighted by Gasteiger charge is -2.24. The molecule has 0 spiro atoms. The highest BCUT2D eigenvalue weighted by atomic mass is 16.5. The van der Waals surface area contributed by atoms with Crippen molar-refractivity contribution in [3.8, 4) is 0 Å². The van der Waals surface area contributed by atoms with E-state index in [9.17, 15) is 28.8 Å². The van der Waals surface area contributed by atoms with Gasteiger partial charge in [-0.3, -0.25) is 4.79 Å². The van der Waals surface area contributed by atoms with E-state index in [1.54, 1.807) is 6.92 Å². The average Bonchev–Trinajstić information content (AvgIpc) is 2.73. The summed E-state index contributed by atoms with van der Waals surface area (Å²) in [6, 6.07) is -3.44. The number of imide groups is 3. The first-order valence-corrected chi connectivity index (χ1v) is 8.91. The van der Waals surface area contributed by atoms with E-state index in [1.807, 2.05) is 0 Å². The number of rotatable bonds is 10. The van der Waals surface area contributed by atoms with Gasteiger partial charge in [0, 0.05) is 12.5 Å². The van der Waals surface area contributed by atoms with E-state index in [0.29, 0.717) is 27.0 Å². The standard InChI is InChI=1S/C18H22N3O9/c1-4-9-28-15(24)12-21-17(26)19(7-10-29-13(22)5-2)16(25)20(18(21)27)8-11-30-14(23)6-3/h5,8,11-12H,2,4,6-7,9-10H2,1,3H3/q+1/b11-8?,21-12+. The minimum absolute atomic E-state index is 0.0503. The van der Waals surface area contributed by atoms with E-state index in [1.165, 1.54) is 6.92 Å². The molecule has 0 aromatic carbocycles. The predicted molar refractivity (Wildman–Crippen MR) is 99.0 cm³/mol. The van der Waals surface area contributed by atoms with Crippen LogP contribution in [0.5, 0.6) is 0 Å². The molecule has 12 heteroatoms. The maximum absolute atomic E-state index is 12.5. The van der Waals surface area contributed by atoms with E-state index in [-0.39, 0.29) is 19.6 Å². The maximum atomic E-state index is 12.5. The van der Waals surface area contributed by atoms with E-state index >= 15 is 0 Å². The number of nitrogens with zero attached hydrogens (tertiary/aromatic N) is 3. The Morgan fingerprint density at radius 2 is 1.70 bits per heavy atom. The molecule has 0 radical (unpaired) electrons. The predicted octanol–water partition coefficient (Wildman–Crippen LogP) is 1.15. The van der Waals surface area contributed by atoms with Crippen molar-refractivity contribution in [1.82, 2.24) is 9.80 Å². The monoisotopic (exact) mass is 424 g/mol. The van der Waals surface area contributed by atoms with Gasteiger partial charge in [0.2, 0.25) is 0 Å². The van der Waals surface area contributed by atoms with Gasteiger partial charge < -0.3 is 14.2 Å². The molecule has 0 aliphatic carbocycles. The van der Waals surface area contributed by atoms with Crippen LogP contribution in [0.25, 0.3) is 0 Å². The summed E-state index contributed by atoms with van der Waals surface area (Å²) in [5, 5.41) is 0. The molecule has 1 heterocycles. The molecule has 0 aromatic rings. The molecule has 0 unspecified atom stereocenters. The van der Waals surface area contributed by atoms with Crippen LogP contribution >= 0.6 is 0 Å². The number of hydrogen-bond acceptors (Lipinski definition) is 9. The Morgan fingerprint density at radius 1 is 1.03 bits per heavy atom. The third-order valence-corrected chi connectivity index (χ3v) is 3.39. The fourth-order valence-corrected chi connectivity index (χ4v) is 1.94. The topological polar surface area (TPSA) is 140 Å². The van der Waals surface area contributed by atoms with Crippen LogP contribution in [0.2, 0.25) is 0 Å². The molecule has 0 bridgehead atoms. The zero-order chi connectivity index (χ0) is 22.7. The molecular weight excluding hydrogens is 402 g/mol. The van der Waals surface area contributed by atoms with Gasteiger partial charge in [-0.05, 0) is 6.42 Å². The molecule has 1 saturated heterocycles. The third-order valence-electron chi connectivity index (χ3n) is 3.39. The van der Waals surface area contributed by atoms with Gasteiger partial charge in [0.1, 0.15) is 25.6 Å². The van der Waals surface area contributed by atoms with Crippen LogP contribution in [-0.2, 0) is 28.6 Å². The van der Waals surface area contributed by atoms with Gasteiger partial charge in [-0.15, -0.1) is 9.48 Å². The molecule has 1 aliphatic heterocycles. The summed E-state index contributed by atoms with van der Waals surface area (Å²) < 4.78 is 14.6. The second kappa shape index (κ2) is 11.9.